The van der Waals surface area contributed by atoms with Crippen LogP contribution in [0.2, 0.25) is 0 Å². The zero-order valence-electron chi connectivity index (χ0n) is 13.1. The summed E-state index contributed by atoms with van der Waals surface area (Å²) in [6.45, 7) is 1.88. The van der Waals surface area contributed by atoms with Crippen LogP contribution in [-0.4, -0.2) is 41.1 Å². The highest BCUT2D eigenvalue weighted by molar-refractivity contribution is 5.77. The van der Waals surface area contributed by atoms with E-state index in [1.807, 2.05) is 35.2 Å². The maximum atomic E-state index is 12.5. The summed E-state index contributed by atoms with van der Waals surface area (Å²) in [7, 11) is 0. The molecule has 0 radical (unpaired) electrons. The van der Waals surface area contributed by atoms with Gasteiger partial charge in [0, 0.05) is 25.0 Å². The summed E-state index contributed by atoms with van der Waals surface area (Å²) in [5.41, 5.74) is 0.944. The van der Waals surface area contributed by atoms with Crippen molar-refractivity contribution < 1.29 is 9.90 Å². The molecule has 4 nitrogen and oxygen atoms in total. The lowest BCUT2D eigenvalue weighted by Gasteiger charge is -2.28. The Morgan fingerprint density at radius 2 is 2.09 bits per heavy atom. The van der Waals surface area contributed by atoms with Crippen LogP contribution in [0.15, 0.2) is 30.3 Å². The minimum Gasteiger partial charge on any atom is -0.388 e. The molecule has 0 spiro atoms. The predicted octanol–water partition coefficient (Wildman–Crippen LogP) is 2.24. The van der Waals surface area contributed by atoms with Crippen molar-refractivity contribution in [1.82, 2.24) is 10.2 Å². The summed E-state index contributed by atoms with van der Waals surface area (Å²) >= 11 is 0. The smallest absolute Gasteiger partial charge is 0.224 e. The van der Waals surface area contributed by atoms with Crippen LogP contribution < -0.4 is 5.32 Å². The predicted molar refractivity (Wildman–Crippen MR) is 86.4 cm³/mol. The number of amides is 1. The number of hydrogen-bond acceptors (Lipinski definition) is 3. The topological polar surface area (TPSA) is 52.6 Å². The molecular formula is C18H26N2O2. The minimum atomic E-state index is -0.482. The summed E-state index contributed by atoms with van der Waals surface area (Å²) in [5, 5.41) is 13.8. The average Bonchev–Trinajstić information content (AvgIpc) is 3.19. The summed E-state index contributed by atoms with van der Waals surface area (Å²) in [4.78, 5) is 14.5. The van der Waals surface area contributed by atoms with Crippen LogP contribution in [0.4, 0.5) is 0 Å². The quantitative estimate of drug-likeness (QED) is 0.877. The van der Waals surface area contributed by atoms with Gasteiger partial charge in [0.25, 0.3) is 0 Å². The van der Waals surface area contributed by atoms with E-state index in [1.165, 1.54) is 6.42 Å². The number of nitrogens with one attached hydrogen (secondary N) is 1. The van der Waals surface area contributed by atoms with Gasteiger partial charge in [-0.2, -0.15) is 0 Å². The Kier molecular flexibility index (Phi) is 5.11. The van der Waals surface area contributed by atoms with Gasteiger partial charge in [0.1, 0.15) is 0 Å². The molecule has 2 fully saturated rings. The van der Waals surface area contributed by atoms with Crippen molar-refractivity contribution in [3.63, 3.8) is 0 Å². The third kappa shape index (κ3) is 3.68. The molecule has 3 rings (SSSR count). The van der Waals surface area contributed by atoms with Gasteiger partial charge in [-0.05, 0) is 44.2 Å². The van der Waals surface area contributed by atoms with E-state index < -0.39 is 6.10 Å². The van der Waals surface area contributed by atoms with Gasteiger partial charge in [-0.25, -0.2) is 0 Å². The van der Waals surface area contributed by atoms with Crippen LogP contribution >= 0.6 is 0 Å². The highest BCUT2D eigenvalue weighted by atomic mass is 16.3. The Labute approximate surface area is 132 Å². The number of benzene rings is 1. The van der Waals surface area contributed by atoms with Crippen molar-refractivity contribution in [2.24, 2.45) is 0 Å². The van der Waals surface area contributed by atoms with Crippen LogP contribution in [0.1, 0.15) is 50.2 Å². The molecule has 0 bridgehead atoms. The van der Waals surface area contributed by atoms with Crippen molar-refractivity contribution in [1.29, 1.82) is 0 Å². The molecule has 3 unspecified atom stereocenters. The van der Waals surface area contributed by atoms with E-state index in [-0.39, 0.29) is 11.9 Å². The zero-order chi connectivity index (χ0) is 15.4. The Morgan fingerprint density at radius 1 is 1.27 bits per heavy atom. The van der Waals surface area contributed by atoms with E-state index >= 15 is 0 Å². The van der Waals surface area contributed by atoms with E-state index in [4.69, 9.17) is 0 Å². The molecule has 2 heterocycles. The van der Waals surface area contributed by atoms with Crippen molar-refractivity contribution in [3.05, 3.63) is 35.9 Å². The second-order valence-electron chi connectivity index (χ2n) is 6.54. The fraction of sp³-hybridized carbons (Fsp3) is 0.611. The van der Waals surface area contributed by atoms with Crippen LogP contribution in [0.5, 0.6) is 0 Å². The molecule has 2 aliphatic heterocycles. The second kappa shape index (κ2) is 7.25. The van der Waals surface area contributed by atoms with E-state index in [0.717, 1.165) is 37.9 Å². The maximum absolute atomic E-state index is 12.5. The van der Waals surface area contributed by atoms with E-state index in [2.05, 4.69) is 5.32 Å². The van der Waals surface area contributed by atoms with Gasteiger partial charge < -0.3 is 15.3 Å². The lowest BCUT2D eigenvalue weighted by molar-refractivity contribution is -0.133. The van der Waals surface area contributed by atoms with Crippen LogP contribution in [0.3, 0.4) is 0 Å². The Morgan fingerprint density at radius 3 is 2.82 bits per heavy atom. The van der Waals surface area contributed by atoms with Gasteiger partial charge in [-0.1, -0.05) is 30.3 Å². The SMILES string of the molecule is O=C(CC1CCCN1)N1CCCC1CC(O)c1ccccc1. The van der Waals surface area contributed by atoms with Gasteiger partial charge in [0.2, 0.25) is 5.91 Å². The molecule has 1 amide bonds. The van der Waals surface area contributed by atoms with E-state index in [1.54, 1.807) is 0 Å². The summed E-state index contributed by atoms with van der Waals surface area (Å²) in [6, 6.07) is 10.3. The molecule has 2 saturated heterocycles. The molecule has 4 heteroatoms. The van der Waals surface area contributed by atoms with Gasteiger partial charge in [-0.15, -0.1) is 0 Å². The molecule has 1 aromatic carbocycles. The number of aliphatic hydroxyl groups excluding tert-OH is 1. The first-order chi connectivity index (χ1) is 10.7. The summed E-state index contributed by atoms with van der Waals surface area (Å²) in [5.74, 6) is 0.252. The third-order valence-electron chi connectivity index (χ3n) is 4.96. The zero-order valence-corrected chi connectivity index (χ0v) is 13.1. The molecule has 0 saturated carbocycles. The van der Waals surface area contributed by atoms with Crippen molar-refractivity contribution in [2.75, 3.05) is 13.1 Å². The fourth-order valence-corrected chi connectivity index (χ4v) is 3.74. The van der Waals surface area contributed by atoms with Gasteiger partial charge in [-0.3, -0.25) is 4.79 Å². The molecule has 120 valence electrons. The van der Waals surface area contributed by atoms with Gasteiger partial charge in [0.15, 0.2) is 0 Å². The van der Waals surface area contributed by atoms with Gasteiger partial charge >= 0.3 is 0 Å². The maximum Gasteiger partial charge on any atom is 0.224 e. The lowest BCUT2D eigenvalue weighted by atomic mass is 10.00. The first-order valence-electron chi connectivity index (χ1n) is 8.50. The van der Waals surface area contributed by atoms with Crippen LogP contribution in [-0.2, 0) is 4.79 Å². The third-order valence-corrected chi connectivity index (χ3v) is 4.96. The highest BCUT2D eigenvalue weighted by Gasteiger charge is 2.32. The van der Waals surface area contributed by atoms with E-state index in [9.17, 15) is 9.90 Å². The first-order valence-corrected chi connectivity index (χ1v) is 8.50. The van der Waals surface area contributed by atoms with Crippen LogP contribution in [0.25, 0.3) is 0 Å². The summed E-state index contributed by atoms with van der Waals surface area (Å²) in [6.07, 6.45) is 5.12. The van der Waals surface area contributed by atoms with Crippen molar-refractivity contribution >= 4 is 5.91 Å². The molecule has 3 atom stereocenters. The number of hydrogen-bond donors (Lipinski definition) is 2. The van der Waals surface area contributed by atoms with Crippen molar-refractivity contribution in [3.8, 4) is 0 Å². The Balaban J connectivity index is 1.57. The molecular weight excluding hydrogens is 276 g/mol. The van der Waals surface area contributed by atoms with Crippen LogP contribution in [0, 0.1) is 0 Å². The Bertz CT molecular complexity index is 485. The molecule has 22 heavy (non-hydrogen) atoms. The number of rotatable bonds is 5. The highest BCUT2D eigenvalue weighted by Crippen LogP contribution is 2.28. The van der Waals surface area contributed by atoms with E-state index in [0.29, 0.717) is 18.9 Å². The monoisotopic (exact) mass is 302 g/mol. The Hall–Kier alpha value is -1.39. The lowest BCUT2D eigenvalue weighted by Crippen LogP contribution is -2.39. The number of carbonyl (C=O) groups is 1. The normalized spacial score (nSPS) is 26.3. The number of likely N-dealkylation sites (tertiary alicyclic amines) is 1. The van der Waals surface area contributed by atoms with Gasteiger partial charge in [0.05, 0.1) is 6.10 Å². The standard InChI is InChI=1S/C18H26N2O2/c21-17(14-6-2-1-3-7-14)13-16-9-5-11-20(16)18(22)12-15-8-4-10-19-15/h1-3,6-7,15-17,19,21H,4-5,8-13H2. The molecule has 0 aromatic heterocycles. The molecule has 2 aliphatic rings. The molecule has 0 aliphatic carbocycles. The number of aliphatic hydroxyl groups is 1. The largest absolute Gasteiger partial charge is 0.388 e. The summed E-state index contributed by atoms with van der Waals surface area (Å²) < 4.78 is 0. The minimum absolute atomic E-state index is 0.184. The first kappa shape index (κ1) is 15.5. The fourth-order valence-electron chi connectivity index (χ4n) is 3.74. The average molecular weight is 302 g/mol. The second-order valence-corrected chi connectivity index (χ2v) is 6.54. The number of carbonyl (C=O) groups excluding carboxylic acids is 1. The molecule has 2 N–H and O–H groups in total. The van der Waals surface area contributed by atoms with Crippen molar-refractivity contribution in [2.45, 2.75) is 56.7 Å². The molecule has 1 aromatic rings. The number of nitrogens with zero attached hydrogens (tertiary/aromatic N) is 1.